The Hall–Kier alpha value is -0.420. The Bertz CT molecular complexity index is 374. The van der Waals surface area contributed by atoms with Crippen molar-refractivity contribution < 1.29 is 4.79 Å². The number of halogens is 2. The molecule has 0 unspecified atom stereocenters. The fourth-order valence-electron chi connectivity index (χ4n) is 1.23. The fraction of sp³-hybridized carbons (Fsp3) is 0.364. The van der Waals surface area contributed by atoms with Crippen molar-refractivity contribution in [3.8, 4) is 0 Å². The molecule has 6 heteroatoms. The predicted molar refractivity (Wildman–Crippen MR) is 77.4 cm³/mol. The van der Waals surface area contributed by atoms with Gasteiger partial charge in [0.1, 0.15) is 0 Å². The molecule has 1 amide bonds. The van der Waals surface area contributed by atoms with Gasteiger partial charge in [-0.3, -0.25) is 4.79 Å². The molecule has 0 atom stereocenters. The van der Waals surface area contributed by atoms with Crippen molar-refractivity contribution in [2.45, 2.75) is 17.7 Å². The number of thioether (sulfide) groups is 1. The Morgan fingerprint density at radius 1 is 1.53 bits per heavy atom. The molecule has 17 heavy (non-hydrogen) atoms. The second kappa shape index (κ2) is 8.64. The molecule has 1 rings (SSSR count). The van der Waals surface area contributed by atoms with Gasteiger partial charge in [0, 0.05) is 17.0 Å². The summed E-state index contributed by atoms with van der Waals surface area (Å²) in [6, 6.07) is 5.50. The smallest absolute Gasteiger partial charge is 0.224 e. The lowest BCUT2D eigenvalue weighted by molar-refractivity contribution is -0.116. The normalized spacial score (nSPS) is 9.59. The molecule has 0 spiro atoms. The summed E-state index contributed by atoms with van der Waals surface area (Å²) in [7, 11) is 0. The van der Waals surface area contributed by atoms with E-state index in [1.54, 1.807) is 17.8 Å². The van der Waals surface area contributed by atoms with Gasteiger partial charge in [0.05, 0.1) is 5.02 Å². The van der Waals surface area contributed by atoms with Crippen LogP contribution in [0.1, 0.15) is 12.8 Å². The van der Waals surface area contributed by atoms with Crippen LogP contribution in [0.25, 0.3) is 0 Å². The van der Waals surface area contributed by atoms with E-state index < -0.39 is 0 Å². The van der Waals surface area contributed by atoms with Gasteiger partial charge < -0.3 is 11.1 Å². The number of nitrogens with two attached hydrogens (primary N) is 1. The van der Waals surface area contributed by atoms with E-state index >= 15 is 0 Å². The average Bonchev–Trinajstić information content (AvgIpc) is 2.26. The second-order valence-electron chi connectivity index (χ2n) is 3.29. The number of amides is 1. The zero-order chi connectivity index (χ0) is 12.0. The zero-order valence-electron chi connectivity index (χ0n) is 9.53. The van der Waals surface area contributed by atoms with Crippen molar-refractivity contribution >= 4 is 47.4 Å². The van der Waals surface area contributed by atoms with Crippen LogP contribution in [-0.2, 0) is 4.79 Å². The first-order valence-electron chi connectivity index (χ1n) is 5.01. The van der Waals surface area contributed by atoms with E-state index in [9.17, 15) is 4.79 Å². The van der Waals surface area contributed by atoms with Gasteiger partial charge in [0.25, 0.3) is 0 Å². The minimum absolute atomic E-state index is 0. The molecular formula is C11H16Cl2N2OS. The van der Waals surface area contributed by atoms with Gasteiger partial charge in [-0.15, -0.1) is 24.2 Å². The topological polar surface area (TPSA) is 55.1 Å². The molecule has 1 aromatic carbocycles. The number of anilines is 1. The van der Waals surface area contributed by atoms with Gasteiger partial charge in [-0.05, 0) is 37.4 Å². The molecule has 0 aliphatic carbocycles. The number of benzene rings is 1. The van der Waals surface area contributed by atoms with Gasteiger partial charge >= 0.3 is 0 Å². The molecule has 0 fully saturated rings. The molecule has 1 aromatic rings. The minimum atomic E-state index is -0.0292. The average molecular weight is 295 g/mol. The summed E-state index contributed by atoms with van der Waals surface area (Å²) in [6.07, 6.45) is 3.10. The van der Waals surface area contributed by atoms with E-state index in [2.05, 4.69) is 5.32 Å². The third kappa shape index (κ3) is 5.64. The van der Waals surface area contributed by atoms with Crippen LogP contribution in [0.4, 0.5) is 5.69 Å². The molecule has 3 N–H and O–H groups in total. The second-order valence-corrected chi connectivity index (χ2v) is 4.55. The van der Waals surface area contributed by atoms with Crippen molar-refractivity contribution in [1.29, 1.82) is 0 Å². The molecule has 0 saturated heterocycles. The summed E-state index contributed by atoms with van der Waals surface area (Å²) in [5, 5.41) is 3.44. The quantitative estimate of drug-likeness (QED) is 0.820. The monoisotopic (exact) mass is 294 g/mol. The molecule has 0 aliphatic heterocycles. The molecule has 96 valence electrons. The Kier molecular flexibility index (Phi) is 8.43. The van der Waals surface area contributed by atoms with Crippen molar-refractivity contribution in [1.82, 2.24) is 0 Å². The lowest BCUT2D eigenvalue weighted by Gasteiger charge is -2.07. The Balaban J connectivity index is 0.00000256. The van der Waals surface area contributed by atoms with Crippen LogP contribution >= 0.6 is 35.8 Å². The Morgan fingerprint density at radius 3 is 2.76 bits per heavy atom. The van der Waals surface area contributed by atoms with Gasteiger partial charge in [0.2, 0.25) is 5.91 Å². The van der Waals surface area contributed by atoms with Crippen molar-refractivity contribution in [2.24, 2.45) is 5.73 Å². The molecule has 0 bridgehead atoms. The lowest BCUT2D eigenvalue weighted by atomic mass is 10.2. The number of carbonyl (C=O) groups is 1. The molecule has 0 aromatic heterocycles. The zero-order valence-corrected chi connectivity index (χ0v) is 11.9. The van der Waals surface area contributed by atoms with Gasteiger partial charge in [-0.25, -0.2) is 0 Å². The third-order valence-electron chi connectivity index (χ3n) is 2.04. The maximum absolute atomic E-state index is 11.4. The van der Waals surface area contributed by atoms with Crippen LogP contribution in [0.5, 0.6) is 0 Å². The summed E-state index contributed by atoms with van der Waals surface area (Å²) in [4.78, 5) is 12.4. The van der Waals surface area contributed by atoms with Crippen molar-refractivity contribution in [3.63, 3.8) is 0 Å². The number of carbonyl (C=O) groups excluding carboxylic acids is 1. The van der Waals surface area contributed by atoms with Crippen LogP contribution in [0.15, 0.2) is 23.1 Å². The van der Waals surface area contributed by atoms with Crippen LogP contribution in [0.2, 0.25) is 5.02 Å². The highest BCUT2D eigenvalue weighted by Gasteiger charge is 2.04. The maximum Gasteiger partial charge on any atom is 0.224 e. The first kappa shape index (κ1) is 16.6. The largest absolute Gasteiger partial charge is 0.330 e. The highest BCUT2D eigenvalue weighted by Crippen LogP contribution is 2.27. The van der Waals surface area contributed by atoms with E-state index in [4.69, 9.17) is 17.3 Å². The van der Waals surface area contributed by atoms with Gasteiger partial charge in [0.15, 0.2) is 0 Å². The summed E-state index contributed by atoms with van der Waals surface area (Å²) in [5.74, 6) is -0.0292. The summed E-state index contributed by atoms with van der Waals surface area (Å²) >= 11 is 7.60. The van der Waals surface area contributed by atoms with E-state index in [1.807, 2.05) is 18.4 Å². The van der Waals surface area contributed by atoms with Crippen LogP contribution in [-0.4, -0.2) is 18.7 Å². The first-order chi connectivity index (χ1) is 7.67. The summed E-state index contributed by atoms with van der Waals surface area (Å²) in [6.45, 7) is 0.527. The minimum Gasteiger partial charge on any atom is -0.330 e. The van der Waals surface area contributed by atoms with Gasteiger partial charge in [-0.2, -0.15) is 0 Å². The molecule has 3 nitrogen and oxygen atoms in total. The maximum atomic E-state index is 11.4. The lowest BCUT2D eigenvalue weighted by Crippen LogP contribution is -2.13. The number of hydrogen-bond acceptors (Lipinski definition) is 3. The number of nitrogens with one attached hydrogen (secondary N) is 1. The molecule has 0 saturated carbocycles. The molecule has 0 aliphatic rings. The Labute approximate surface area is 117 Å². The van der Waals surface area contributed by atoms with E-state index in [0.717, 1.165) is 10.6 Å². The summed E-state index contributed by atoms with van der Waals surface area (Å²) < 4.78 is 0. The van der Waals surface area contributed by atoms with E-state index in [0.29, 0.717) is 24.4 Å². The van der Waals surface area contributed by atoms with Crippen molar-refractivity contribution in [3.05, 3.63) is 23.2 Å². The SMILES string of the molecule is CSc1ccc(NC(=O)CCCN)cc1Cl.Cl. The highest BCUT2D eigenvalue weighted by molar-refractivity contribution is 7.98. The van der Waals surface area contributed by atoms with Crippen molar-refractivity contribution in [2.75, 3.05) is 18.1 Å². The number of hydrogen-bond donors (Lipinski definition) is 2. The predicted octanol–water partition coefficient (Wildman–Crippen LogP) is 3.16. The number of rotatable bonds is 5. The van der Waals surface area contributed by atoms with Crippen LogP contribution in [0, 0.1) is 0 Å². The fourth-order valence-corrected chi connectivity index (χ4v) is 2.10. The third-order valence-corrected chi connectivity index (χ3v) is 3.26. The van der Waals surface area contributed by atoms with Crippen LogP contribution < -0.4 is 11.1 Å². The molecular weight excluding hydrogens is 279 g/mol. The highest BCUT2D eigenvalue weighted by atomic mass is 35.5. The Morgan fingerprint density at radius 2 is 2.24 bits per heavy atom. The standard InChI is InChI=1S/C11H15ClN2OS.ClH/c1-16-10-5-4-8(7-9(10)12)14-11(15)3-2-6-13;/h4-5,7H,2-3,6,13H2,1H3,(H,14,15);1H. The summed E-state index contributed by atoms with van der Waals surface area (Å²) in [5.41, 5.74) is 6.06. The van der Waals surface area contributed by atoms with E-state index in [-0.39, 0.29) is 18.3 Å². The molecule has 0 radical (unpaired) electrons. The molecule has 0 heterocycles. The van der Waals surface area contributed by atoms with E-state index in [1.165, 1.54) is 0 Å². The van der Waals surface area contributed by atoms with Gasteiger partial charge in [-0.1, -0.05) is 11.6 Å². The first-order valence-corrected chi connectivity index (χ1v) is 6.61. The van der Waals surface area contributed by atoms with Crippen LogP contribution in [0.3, 0.4) is 0 Å².